The molecule has 2 rings (SSSR count). The van der Waals surface area contributed by atoms with Gasteiger partial charge < -0.3 is 5.73 Å². The molecule has 0 bridgehead atoms. The second-order valence-electron chi connectivity index (χ2n) is 4.74. The highest BCUT2D eigenvalue weighted by Crippen LogP contribution is 2.31. The van der Waals surface area contributed by atoms with Gasteiger partial charge in [-0.05, 0) is 37.3 Å². The van der Waals surface area contributed by atoms with Crippen LogP contribution < -0.4 is 10.5 Å². The van der Waals surface area contributed by atoms with Gasteiger partial charge in [0.05, 0.1) is 0 Å². The molecule has 1 unspecified atom stereocenters. The average molecular weight is 309 g/mol. The van der Waals surface area contributed by atoms with Gasteiger partial charge in [-0.25, -0.2) is 17.5 Å². The lowest BCUT2D eigenvalue weighted by molar-refractivity contribution is 0.535. The van der Waals surface area contributed by atoms with Crippen LogP contribution in [0.3, 0.4) is 0 Å². The van der Waals surface area contributed by atoms with E-state index in [1.807, 2.05) is 0 Å². The van der Waals surface area contributed by atoms with Crippen molar-refractivity contribution in [2.45, 2.75) is 30.7 Å². The van der Waals surface area contributed by atoms with E-state index < -0.39 is 15.8 Å². The van der Waals surface area contributed by atoms with E-state index in [9.17, 15) is 12.8 Å². The first-order chi connectivity index (χ1) is 8.42. The third-order valence-corrected chi connectivity index (χ3v) is 4.77. The number of benzene rings is 1. The summed E-state index contributed by atoms with van der Waals surface area (Å²) in [6.07, 6.45) is 2.09. The Morgan fingerprint density at radius 3 is 2.63 bits per heavy atom. The number of halogens is 2. The second-order valence-corrected chi connectivity index (χ2v) is 6.44. The lowest BCUT2D eigenvalue weighted by Gasteiger charge is -2.13. The Hall–Kier alpha value is -0.690. The molecule has 0 aliphatic heterocycles. The number of nitrogens with one attached hydrogen (secondary N) is 1. The molecule has 4 nitrogen and oxygen atoms in total. The van der Waals surface area contributed by atoms with Crippen molar-refractivity contribution in [3.05, 3.63) is 29.6 Å². The fourth-order valence-corrected chi connectivity index (χ4v) is 3.30. The maximum Gasteiger partial charge on any atom is 0.243 e. The predicted molar refractivity (Wildman–Crippen MR) is 74.3 cm³/mol. The fourth-order valence-electron chi connectivity index (χ4n) is 1.93. The highest BCUT2D eigenvalue weighted by Gasteiger charge is 2.30. The largest absolute Gasteiger partial charge is 0.326 e. The van der Waals surface area contributed by atoms with Crippen LogP contribution in [0.25, 0.3) is 0 Å². The van der Waals surface area contributed by atoms with Gasteiger partial charge in [-0.3, -0.25) is 0 Å². The Morgan fingerprint density at radius 1 is 1.47 bits per heavy atom. The van der Waals surface area contributed by atoms with Crippen LogP contribution in [0.5, 0.6) is 0 Å². The van der Waals surface area contributed by atoms with Gasteiger partial charge in [0.15, 0.2) is 0 Å². The topological polar surface area (TPSA) is 72.2 Å². The SMILES string of the molecule is Cc1cccc(F)c1S(=O)(=O)NCC(N)C1CC1.Cl. The zero-order valence-electron chi connectivity index (χ0n) is 10.6. The van der Waals surface area contributed by atoms with Crippen molar-refractivity contribution in [3.63, 3.8) is 0 Å². The third-order valence-electron chi connectivity index (χ3n) is 3.17. The Bertz CT molecular complexity index is 526. The summed E-state index contributed by atoms with van der Waals surface area (Å²) in [6.45, 7) is 1.72. The van der Waals surface area contributed by atoms with Crippen molar-refractivity contribution < 1.29 is 12.8 Å². The lowest BCUT2D eigenvalue weighted by atomic mass is 10.2. The first-order valence-corrected chi connectivity index (χ1v) is 7.40. The number of sulfonamides is 1. The highest BCUT2D eigenvalue weighted by molar-refractivity contribution is 7.89. The van der Waals surface area contributed by atoms with Crippen molar-refractivity contribution in [1.29, 1.82) is 0 Å². The minimum absolute atomic E-state index is 0. The zero-order valence-corrected chi connectivity index (χ0v) is 12.2. The molecular weight excluding hydrogens is 291 g/mol. The molecule has 1 aliphatic carbocycles. The smallest absolute Gasteiger partial charge is 0.243 e. The molecule has 0 amide bonds. The summed E-state index contributed by atoms with van der Waals surface area (Å²) < 4.78 is 40.0. The van der Waals surface area contributed by atoms with Crippen molar-refractivity contribution in [3.8, 4) is 0 Å². The van der Waals surface area contributed by atoms with Crippen molar-refractivity contribution in [2.24, 2.45) is 11.7 Å². The summed E-state index contributed by atoms with van der Waals surface area (Å²) in [6, 6.07) is 4.01. The number of rotatable bonds is 5. The molecule has 0 radical (unpaired) electrons. The van der Waals surface area contributed by atoms with Crippen LogP contribution in [-0.4, -0.2) is 21.0 Å². The average Bonchev–Trinajstić information content (AvgIpc) is 3.09. The summed E-state index contributed by atoms with van der Waals surface area (Å²) in [5, 5.41) is 0. The zero-order chi connectivity index (χ0) is 13.3. The quantitative estimate of drug-likeness (QED) is 0.867. The second kappa shape index (κ2) is 6.17. The van der Waals surface area contributed by atoms with E-state index in [1.54, 1.807) is 13.0 Å². The van der Waals surface area contributed by atoms with Crippen LogP contribution in [0.4, 0.5) is 4.39 Å². The molecule has 0 spiro atoms. The molecule has 1 aromatic rings. The van der Waals surface area contributed by atoms with E-state index >= 15 is 0 Å². The van der Waals surface area contributed by atoms with Gasteiger partial charge in [0.25, 0.3) is 0 Å². The van der Waals surface area contributed by atoms with Gasteiger partial charge >= 0.3 is 0 Å². The number of hydrogen-bond acceptors (Lipinski definition) is 3. The van der Waals surface area contributed by atoms with Crippen LogP contribution in [0.2, 0.25) is 0 Å². The molecule has 1 saturated carbocycles. The minimum atomic E-state index is -3.83. The number of hydrogen-bond donors (Lipinski definition) is 2. The monoisotopic (exact) mass is 308 g/mol. The standard InChI is InChI=1S/C12H17FN2O2S.ClH/c1-8-3-2-4-10(13)12(8)18(16,17)15-7-11(14)9-5-6-9;/h2-4,9,11,15H,5-7,14H2,1H3;1H. The van der Waals surface area contributed by atoms with Gasteiger partial charge in [-0.1, -0.05) is 12.1 Å². The van der Waals surface area contributed by atoms with E-state index in [0.717, 1.165) is 18.9 Å². The minimum Gasteiger partial charge on any atom is -0.326 e. The van der Waals surface area contributed by atoms with Crippen LogP contribution in [0.1, 0.15) is 18.4 Å². The maximum atomic E-state index is 13.6. The summed E-state index contributed by atoms with van der Waals surface area (Å²) in [5.41, 5.74) is 6.21. The van der Waals surface area contributed by atoms with E-state index in [1.165, 1.54) is 6.07 Å². The number of aryl methyl sites for hydroxylation is 1. The van der Waals surface area contributed by atoms with Gasteiger partial charge in [0.1, 0.15) is 10.7 Å². The molecular formula is C12H18ClFN2O2S. The summed E-state index contributed by atoms with van der Waals surface area (Å²) in [7, 11) is -3.83. The van der Waals surface area contributed by atoms with Gasteiger partial charge in [0, 0.05) is 12.6 Å². The van der Waals surface area contributed by atoms with Gasteiger partial charge in [0.2, 0.25) is 10.0 Å². The maximum absolute atomic E-state index is 13.6. The molecule has 0 heterocycles. The first-order valence-electron chi connectivity index (χ1n) is 5.92. The van der Waals surface area contributed by atoms with E-state index in [4.69, 9.17) is 5.73 Å². The van der Waals surface area contributed by atoms with E-state index in [0.29, 0.717) is 11.5 Å². The predicted octanol–water partition coefficient (Wildman–Crippen LogP) is 1.57. The van der Waals surface area contributed by atoms with E-state index in [-0.39, 0.29) is 29.9 Å². The molecule has 0 saturated heterocycles. The van der Waals surface area contributed by atoms with Crippen molar-refractivity contribution in [1.82, 2.24) is 4.72 Å². The molecule has 3 N–H and O–H groups in total. The molecule has 1 fully saturated rings. The summed E-state index contributed by atoms with van der Waals surface area (Å²) >= 11 is 0. The summed E-state index contributed by atoms with van der Waals surface area (Å²) in [5.74, 6) is -0.336. The van der Waals surface area contributed by atoms with Gasteiger partial charge in [-0.2, -0.15) is 0 Å². The van der Waals surface area contributed by atoms with Crippen LogP contribution in [-0.2, 0) is 10.0 Å². The molecule has 1 atom stereocenters. The number of nitrogens with two attached hydrogens (primary N) is 1. The molecule has 108 valence electrons. The Kier molecular flexibility index (Phi) is 5.32. The molecule has 1 aliphatic rings. The Morgan fingerprint density at radius 2 is 2.11 bits per heavy atom. The molecule has 1 aromatic carbocycles. The third kappa shape index (κ3) is 3.89. The lowest BCUT2D eigenvalue weighted by Crippen LogP contribution is -2.39. The van der Waals surface area contributed by atoms with E-state index in [2.05, 4.69) is 4.72 Å². The van der Waals surface area contributed by atoms with Crippen LogP contribution >= 0.6 is 12.4 Å². The Balaban J connectivity index is 0.00000180. The molecule has 19 heavy (non-hydrogen) atoms. The highest BCUT2D eigenvalue weighted by atomic mass is 35.5. The van der Waals surface area contributed by atoms with Gasteiger partial charge in [-0.15, -0.1) is 12.4 Å². The normalized spacial score (nSPS) is 16.8. The van der Waals surface area contributed by atoms with Crippen molar-refractivity contribution >= 4 is 22.4 Å². The summed E-state index contributed by atoms with van der Waals surface area (Å²) in [4.78, 5) is -0.284. The molecule has 0 aromatic heterocycles. The fraction of sp³-hybridized carbons (Fsp3) is 0.500. The first kappa shape index (κ1) is 16.4. The van der Waals surface area contributed by atoms with Crippen molar-refractivity contribution in [2.75, 3.05) is 6.54 Å². The molecule has 7 heteroatoms. The van der Waals surface area contributed by atoms with Crippen LogP contribution in [0, 0.1) is 18.7 Å². The Labute approximate surface area is 119 Å². The van der Waals surface area contributed by atoms with Crippen LogP contribution in [0.15, 0.2) is 23.1 Å².